The third kappa shape index (κ3) is 3.87. The van der Waals surface area contributed by atoms with Gasteiger partial charge in [0, 0.05) is 29.8 Å². The van der Waals surface area contributed by atoms with E-state index in [1.54, 1.807) is 19.3 Å². The van der Waals surface area contributed by atoms with Crippen LogP contribution in [0.25, 0.3) is 5.57 Å². The van der Waals surface area contributed by atoms with Gasteiger partial charge in [-0.3, -0.25) is 0 Å². The van der Waals surface area contributed by atoms with E-state index >= 15 is 0 Å². The van der Waals surface area contributed by atoms with E-state index in [9.17, 15) is 13.2 Å². The summed E-state index contributed by atoms with van der Waals surface area (Å²) in [4.78, 5) is 5.42. The lowest BCUT2D eigenvalue weighted by Crippen LogP contribution is -2.19. The standard InChI is InChI=1S/C17H17F3N2/c1-3-7-16(17(18,19)20)12-22-11-15(10-21-13(22)2)14-8-5-4-6-9-14/h4-6,8-12H,2-3,7H2,1H3/b16-12+. The molecule has 1 aromatic rings. The predicted octanol–water partition coefficient (Wildman–Crippen LogP) is 5.13. The molecule has 0 atom stereocenters. The lowest BCUT2D eigenvalue weighted by molar-refractivity contribution is -0.0948. The van der Waals surface area contributed by atoms with Crippen LogP contribution in [0.1, 0.15) is 25.3 Å². The zero-order chi connectivity index (χ0) is 16.2. The fourth-order valence-corrected chi connectivity index (χ4v) is 2.08. The number of aliphatic imine (C=N–C) groups is 1. The summed E-state index contributed by atoms with van der Waals surface area (Å²) in [7, 11) is 0. The normalized spacial score (nSPS) is 16.0. The van der Waals surface area contributed by atoms with E-state index in [2.05, 4.69) is 11.6 Å². The third-order valence-electron chi connectivity index (χ3n) is 3.21. The summed E-state index contributed by atoms with van der Waals surface area (Å²) in [5.74, 6) is 0.262. The first-order valence-corrected chi connectivity index (χ1v) is 6.98. The SMILES string of the molecule is C=C1N=CC(c2ccccc2)=CN1/C=C(\CCC)C(F)(F)F. The monoisotopic (exact) mass is 306 g/mol. The lowest BCUT2D eigenvalue weighted by atomic mass is 10.1. The first kappa shape index (κ1) is 16.1. The number of benzene rings is 1. The average molecular weight is 306 g/mol. The van der Waals surface area contributed by atoms with E-state index in [0.29, 0.717) is 6.42 Å². The zero-order valence-corrected chi connectivity index (χ0v) is 12.3. The Hall–Kier alpha value is -2.30. The summed E-state index contributed by atoms with van der Waals surface area (Å²) in [6.07, 6.45) is 0.334. The van der Waals surface area contributed by atoms with Gasteiger partial charge in [-0.1, -0.05) is 50.3 Å². The van der Waals surface area contributed by atoms with Gasteiger partial charge in [0.15, 0.2) is 0 Å². The molecule has 0 fully saturated rings. The van der Waals surface area contributed by atoms with Gasteiger partial charge in [0.1, 0.15) is 5.82 Å². The summed E-state index contributed by atoms with van der Waals surface area (Å²) < 4.78 is 39.1. The van der Waals surface area contributed by atoms with Crippen LogP contribution in [0.5, 0.6) is 0 Å². The van der Waals surface area contributed by atoms with E-state index in [0.717, 1.165) is 17.3 Å². The Morgan fingerprint density at radius 1 is 1.27 bits per heavy atom. The molecule has 2 nitrogen and oxygen atoms in total. The van der Waals surface area contributed by atoms with E-state index in [4.69, 9.17) is 0 Å². The highest BCUT2D eigenvalue weighted by Gasteiger charge is 2.33. The molecule has 22 heavy (non-hydrogen) atoms. The molecule has 2 rings (SSSR count). The summed E-state index contributed by atoms with van der Waals surface area (Å²) in [6.45, 7) is 5.41. The zero-order valence-electron chi connectivity index (χ0n) is 12.3. The molecule has 0 spiro atoms. The number of alkyl halides is 3. The van der Waals surface area contributed by atoms with Gasteiger partial charge in [0.25, 0.3) is 0 Å². The fourth-order valence-electron chi connectivity index (χ4n) is 2.08. The number of allylic oxidation sites excluding steroid dienone is 2. The molecule has 0 bridgehead atoms. The van der Waals surface area contributed by atoms with Crippen molar-refractivity contribution in [3.05, 3.63) is 66.3 Å². The number of halogens is 3. The Balaban J connectivity index is 2.35. The van der Waals surface area contributed by atoms with Gasteiger partial charge in [-0.25, -0.2) is 4.99 Å². The number of hydrogen-bond donors (Lipinski definition) is 0. The van der Waals surface area contributed by atoms with Crippen molar-refractivity contribution < 1.29 is 13.2 Å². The number of nitrogens with zero attached hydrogens (tertiary/aromatic N) is 2. The van der Waals surface area contributed by atoms with Crippen LogP contribution in [0.4, 0.5) is 13.2 Å². The van der Waals surface area contributed by atoms with Gasteiger partial charge in [-0.05, 0) is 12.0 Å². The first-order chi connectivity index (χ1) is 10.4. The highest BCUT2D eigenvalue weighted by Crippen LogP contribution is 2.31. The molecule has 0 radical (unpaired) electrons. The van der Waals surface area contributed by atoms with Crippen molar-refractivity contribution in [3.8, 4) is 0 Å². The molecule has 1 aromatic carbocycles. The summed E-state index contributed by atoms with van der Waals surface area (Å²) in [5, 5.41) is 0. The summed E-state index contributed by atoms with van der Waals surface area (Å²) in [5.41, 5.74) is 1.04. The topological polar surface area (TPSA) is 15.6 Å². The van der Waals surface area contributed by atoms with Crippen LogP contribution in [-0.2, 0) is 0 Å². The number of rotatable bonds is 4. The number of hydrogen-bond acceptors (Lipinski definition) is 2. The van der Waals surface area contributed by atoms with E-state index < -0.39 is 11.7 Å². The van der Waals surface area contributed by atoms with Gasteiger partial charge >= 0.3 is 6.18 Å². The van der Waals surface area contributed by atoms with Crippen LogP contribution in [0.3, 0.4) is 0 Å². The Kier molecular flexibility index (Phi) is 4.85. The Labute approximate surface area is 128 Å². The van der Waals surface area contributed by atoms with Crippen molar-refractivity contribution in [3.63, 3.8) is 0 Å². The van der Waals surface area contributed by atoms with Gasteiger partial charge < -0.3 is 4.90 Å². The molecule has 1 heterocycles. The second kappa shape index (κ2) is 6.64. The van der Waals surface area contributed by atoms with Crippen molar-refractivity contribution in [2.75, 3.05) is 0 Å². The Morgan fingerprint density at radius 3 is 2.55 bits per heavy atom. The minimum Gasteiger partial charge on any atom is -0.308 e. The molecule has 1 aliphatic rings. The summed E-state index contributed by atoms with van der Waals surface area (Å²) in [6, 6.07) is 9.37. The van der Waals surface area contributed by atoms with Crippen molar-refractivity contribution in [1.29, 1.82) is 0 Å². The van der Waals surface area contributed by atoms with Crippen LogP contribution < -0.4 is 0 Å². The third-order valence-corrected chi connectivity index (χ3v) is 3.21. The second-order valence-electron chi connectivity index (χ2n) is 4.93. The minimum absolute atomic E-state index is 0.0362. The van der Waals surface area contributed by atoms with Gasteiger partial charge in [0.05, 0.1) is 0 Å². The molecule has 5 heteroatoms. The van der Waals surface area contributed by atoms with Crippen molar-refractivity contribution >= 4 is 11.8 Å². The van der Waals surface area contributed by atoms with Gasteiger partial charge in [-0.2, -0.15) is 13.2 Å². The lowest BCUT2D eigenvalue weighted by Gasteiger charge is -2.23. The van der Waals surface area contributed by atoms with Crippen LogP contribution in [0.2, 0.25) is 0 Å². The second-order valence-corrected chi connectivity index (χ2v) is 4.93. The first-order valence-electron chi connectivity index (χ1n) is 6.98. The Morgan fingerprint density at radius 2 is 1.95 bits per heavy atom. The molecule has 0 aliphatic carbocycles. The molecule has 0 saturated heterocycles. The molecular formula is C17H17F3N2. The van der Waals surface area contributed by atoms with Crippen molar-refractivity contribution in [1.82, 2.24) is 4.90 Å². The van der Waals surface area contributed by atoms with Crippen molar-refractivity contribution in [2.45, 2.75) is 25.9 Å². The molecule has 1 aliphatic heterocycles. The summed E-state index contributed by atoms with van der Waals surface area (Å²) >= 11 is 0. The molecular weight excluding hydrogens is 289 g/mol. The maximum atomic E-state index is 13.0. The maximum absolute atomic E-state index is 13.0. The van der Waals surface area contributed by atoms with Gasteiger partial charge in [0.2, 0.25) is 0 Å². The molecule has 0 amide bonds. The van der Waals surface area contributed by atoms with Gasteiger partial charge in [-0.15, -0.1) is 0 Å². The predicted molar refractivity (Wildman–Crippen MR) is 82.9 cm³/mol. The largest absolute Gasteiger partial charge is 0.414 e. The highest BCUT2D eigenvalue weighted by atomic mass is 19.4. The molecule has 116 valence electrons. The van der Waals surface area contributed by atoms with Crippen LogP contribution >= 0.6 is 0 Å². The van der Waals surface area contributed by atoms with Crippen LogP contribution in [0, 0.1) is 0 Å². The minimum atomic E-state index is -4.35. The Bertz CT molecular complexity index is 625. The smallest absolute Gasteiger partial charge is 0.308 e. The molecule has 0 unspecified atom stereocenters. The highest BCUT2D eigenvalue weighted by molar-refractivity contribution is 6.10. The van der Waals surface area contributed by atoms with Crippen LogP contribution in [-0.4, -0.2) is 17.3 Å². The molecule has 0 aromatic heterocycles. The molecule has 0 saturated carbocycles. The van der Waals surface area contributed by atoms with E-state index in [-0.39, 0.29) is 12.2 Å². The molecule has 0 N–H and O–H groups in total. The maximum Gasteiger partial charge on any atom is 0.414 e. The quantitative estimate of drug-likeness (QED) is 0.753. The van der Waals surface area contributed by atoms with Crippen molar-refractivity contribution in [2.24, 2.45) is 4.99 Å². The van der Waals surface area contributed by atoms with E-state index in [1.165, 1.54) is 4.90 Å². The average Bonchev–Trinajstić information content (AvgIpc) is 2.49. The van der Waals surface area contributed by atoms with Crippen LogP contribution in [0.15, 0.2) is 65.7 Å². The van der Waals surface area contributed by atoms with E-state index in [1.807, 2.05) is 30.3 Å². The fraction of sp³-hybridized carbons (Fsp3) is 0.235.